The molecule has 2 aliphatic rings. The Morgan fingerprint density at radius 1 is 1.21 bits per heavy atom. The maximum Gasteiger partial charge on any atom is 0.369 e. The van der Waals surface area contributed by atoms with Crippen molar-refractivity contribution >= 4 is 17.7 Å². The Hall–Kier alpha value is -2.17. The van der Waals surface area contributed by atoms with Gasteiger partial charge >= 0.3 is 11.9 Å². The standard InChI is InChI=1S/C19H23NO4/c1-12(21)23-15-8-6-5-7-14(15)17(22)24-20-16-11-13-9-10-19(16,4)18(13,2)3/h5-8,13H,9-11H2,1-4H3/b20-16+. The number of hydrogen-bond acceptors (Lipinski definition) is 5. The second-order valence-electron chi connectivity index (χ2n) is 7.50. The Morgan fingerprint density at radius 3 is 2.50 bits per heavy atom. The van der Waals surface area contributed by atoms with Gasteiger partial charge in [0.15, 0.2) is 0 Å². The summed E-state index contributed by atoms with van der Waals surface area (Å²) < 4.78 is 5.05. The van der Waals surface area contributed by atoms with E-state index >= 15 is 0 Å². The number of hydrogen-bond donors (Lipinski definition) is 0. The first-order chi connectivity index (χ1) is 11.3. The minimum atomic E-state index is -0.608. The number of nitrogens with zero attached hydrogens (tertiary/aromatic N) is 1. The maximum absolute atomic E-state index is 12.4. The lowest BCUT2D eigenvalue weighted by Crippen LogP contribution is -2.32. The number of fused-ring (bicyclic) bond motifs is 2. The van der Waals surface area contributed by atoms with E-state index in [2.05, 4.69) is 25.9 Å². The van der Waals surface area contributed by atoms with Crippen LogP contribution < -0.4 is 4.74 Å². The van der Waals surface area contributed by atoms with E-state index in [9.17, 15) is 9.59 Å². The van der Waals surface area contributed by atoms with Crippen LogP contribution in [-0.4, -0.2) is 17.7 Å². The average molecular weight is 329 g/mol. The van der Waals surface area contributed by atoms with Gasteiger partial charge < -0.3 is 9.57 Å². The molecule has 1 aromatic rings. The molecule has 2 atom stereocenters. The Bertz CT molecular complexity index is 722. The molecule has 2 saturated carbocycles. The molecule has 0 aliphatic heterocycles. The predicted molar refractivity (Wildman–Crippen MR) is 89.8 cm³/mol. The van der Waals surface area contributed by atoms with Crippen LogP contribution in [0.1, 0.15) is 57.3 Å². The zero-order valence-corrected chi connectivity index (χ0v) is 14.6. The van der Waals surface area contributed by atoms with Crippen molar-refractivity contribution in [3.63, 3.8) is 0 Å². The summed E-state index contributed by atoms with van der Waals surface area (Å²) in [4.78, 5) is 28.7. The molecular formula is C19H23NO4. The smallest absolute Gasteiger partial charge is 0.369 e. The van der Waals surface area contributed by atoms with Crippen molar-refractivity contribution in [2.45, 2.75) is 47.0 Å². The van der Waals surface area contributed by atoms with Gasteiger partial charge in [-0.05, 0) is 42.7 Å². The molecule has 2 bridgehead atoms. The first-order valence-electron chi connectivity index (χ1n) is 8.32. The van der Waals surface area contributed by atoms with Crippen molar-refractivity contribution in [1.82, 2.24) is 0 Å². The molecular weight excluding hydrogens is 306 g/mol. The molecule has 0 heterocycles. The van der Waals surface area contributed by atoms with Crippen molar-refractivity contribution in [1.29, 1.82) is 0 Å². The molecule has 5 nitrogen and oxygen atoms in total. The van der Waals surface area contributed by atoms with E-state index in [0.717, 1.165) is 18.6 Å². The van der Waals surface area contributed by atoms with Crippen LogP contribution in [0, 0.1) is 16.7 Å². The molecule has 0 amide bonds. The first-order valence-corrected chi connectivity index (χ1v) is 8.32. The van der Waals surface area contributed by atoms with E-state index in [1.54, 1.807) is 24.3 Å². The molecule has 2 fully saturated rings. The van der Waals surface area contributed by atoms with E-state index in [4.69, 9.17) is 9.57 Å². The molecule has 0 radical (unpaired) electrons. The zero-order chi connectivity index (χ0) is 17.5. The number of carbonyl (C=O) groups excluding carboxylic acids is 2. The van der Waals surface area contributed by atoms with E-state index in [1.165, 1.54) is 13.3 Å². The minimum Gasteiger partial charge on any atom is -0.426 e. The van der Waals surface area contributed by atoms with Crippen molar-refractivity contribution in [3.8, 4) is 5.75 Å². The highest BCUT2D eigenvalue weighted by molar-refractivity contribution is 5.96. The number of para-hydroxylation sites is 1. The molecule has 24 heavy (non-hydrogen) atoms. The quantitative estimate of drug-likeness (QED) is 0.364. The number of ether oxygens (including phenoxy) is 1. The van der Waals surface area contributed by atoms with Crippen LogP contribution >= 0.6 is 0 Å². The SMILES string of the molecule is CC(=O)Oc1ccccc1C(=O)O/N=C1\CC2CCC1(C)C2(C)C. The summed E-state index contributed by atoms with van der Waals surface area (Å²) in [5.74, 6) is -0.310. The summed E-state index contributed by atoms with van der Waals surface area (Å²) in [5.41, 5.74) is 1.31. The lowest BCUT2D eigenvalue weighted by Gasteiger charge is -2.34. The van der Waals surface area contributed by atoms with Gasteiger partial charge in [0.2, 0.25) is 0 Å². The number of benzene rings is 1. The number of rotatable bonds is 3. The van der Waals surface area contributed by atoms with Gasteiger partial charge in [-0.25, -0.2) is 4.79 Å². The summed E-state index contributed by atoms with van der Waals surface area (Å²) in [7, 11) is 0. The van der Waals surface area contributed by atoms with Crippen LogP contribution in [0.25, 0.3) is 0 Å². The van der Waals surface area contributed by atoms with Gasteiger partial charge in [0.05, 0.1) is 5.71 Å². The van der Waals surface area contributed by atoms with Gasteiger partial charge in [0.1, 0.15) is 11.3 Å². The second-order valence-corrected chi connectivity index (χ2v) is 7.50. The summed E-state index contributed by atoms with van der Waals surface area (Å²) in [6, 6.07) is 6.51. The van der Waals surface area contributed by atoms with E-state index in [-0.39, 0.29) is 22.1 Å². The zero-order valence-electron chi connectivity index (χ0n) is 14.6. The molecule has 1 aromatic carbocycles. The number of oxime groups is 1. The summed E-state index contributed by atoms with van der Waals surface area (Å²) >= 11 is 0. The summed E-state index contributed by atoms with van der Waals surface area (Å²) in [6.45, 7) is 8.04. The normalized spacial score (nSPS) is 28.8. The van der Waals surface area contributed by atoms with Crippen LogP contribution in [0.3, 0.4) is 0 Å². The van der Waals surface area contributed by atoms with Crippen LogP contribution in [0.2, 0.25) is 0 Å². The van der Waals surface area contributed by atoms with Gasteiger partial charge in [-0.3, -0.25) is 4.79 Å². The Balaban J connectivity index is 1.79. The van der Waals surface area contributed by atoms with Crippen LogP contribution in [0.5, 0.6) is 5.75 Å². The summed E-state index contributed by atoms with van der Waals surface area (Å²) in [6.07, 6.45) is 3.15. The monoisotopic (exact) mass is 329 g/mol. The third-order valence-electron chi connectivity index (χ3n) is 6.11. The maximum atomic E-state index is 12.4. The van der Waals surface area contributed by atoms with Gasteiger partial charge in [-0.15, -0.1) is 0 Å². The molecule has 0 spiro atoms. The highest BCUT2D eigenvalue weighted by atomic mass is 16.7. The largest absolute Gasteiger partial charge is 0.426 e. The predicted octanol–water partition coefficient (Wildman–Crippen LogP) is 3.97. The van der Waals surface area contributed by atoms with E-state index < -0.39 is 11.9 Å². The fraction of sp³-hybridized carbons (Fsp3) is 0.526. The Labute approximate surface area is 142 Å². The fourth-order valence-electron chi connectivity index (χ4n) is 4.09. The van der Waals surface area contributed by atoms with E-state index in [0.29, 0.717) is 5.92 Å². The number of carbonyl (C=O) groups is 2. The molecule has 0 aromatic heterocycles. The van der Waals surface area contributed by atoms with Crippen molar-refractivity contribution in [2.24, 2.45) is 21.9 Å². The molecule has 0 N–H and O–H groups in total. The van der Waals surface area contributed by atoms with Crippen molar-refractivity contribution < 1.29 is 19.2 Å². The van der Waals surface area contributed by atoms with Gasteiger partial charge in [-0.1, -0.05) is 38.1 Å². The van der Waals surface area contributed by atoms with Crippen LogP contribution in [0.15, 0.2) is 29.4 Å². The Morgan fingerprint density at radius 2 is 1.92 bits per heavy atom. The highest BCUT2D eigenvalue weighted by Gasteiger charge is 2.60. The van der Waals surface area contributed by atoms with Gasteiger partial charge in [0.25, 0.3) is 0 Å². The van der Waals surface area contributed by atoms with E-state index in [1.807, 2.05) is 0 Å². The summed E-state index contributed by atoms with van der Waals surface area (Å²) in [5, 5.41) is 4.20. The van der Waals surface area contributed by atoms with Crippen LogP contribution in [0.4, 0.5) is 0 Å². The lowest BCUT2D eigenvalue weighted by molar-refractivity contribution is -0.131. The van der Waals surface area contributed by atoms with Gasteiger partial charge in [-0.2, -0.15) is 0 Å². The molecule has 3 rings (SSSR count). The topological polar surface area (TPSA) is 65.0 Å². The van der Waals surface area contributed by atoms with Crippen molar-refractivity contribution in [3.05, 3.63) is 29.8 Å². The molecule has 5 heteroatoms. The first kappa shape index (κ1) is 16.7. The molecule has 2 aliphatic carbocycles. The third kappa shape index (κ3) is 2.52. The Kier molecular flexibility index (Phi) is 3.98. The minimum absolute atomic E-state index is 0.0205. The third-order valence-corrected chi connectivity index (χ3v) is 6.11. The fourth-order valence-corrected chi connectivity index (χ4v) is 4.09. The lowest BCUT2D eigenvalue weighted by atomic mass is 9.70. The molecule has 0 saturated heterocycles. The highest BCUT2D eigenvalue weighted by Crippen LogP contribution is 2.64. The molecule has 2 unspecified atom stereocenters. The second kappa shape index (κ2) is 5.72. The average Bonchev–Trinajstić information content (AvgIpc) is 2.85. The van der Waals surface area contributed by atoms with Crippen LogP contribution in [-0.2, 0) is 9.63 Å². The van der Waals surface area contributed by atoms with Gasteiger partial charge in [0, 0.05) is 12.3 Å². The van der Waals surface area contributed by atoms with Crippen molar-refractivity contribution in [2.75, 3.05) is 0 Å². The number of esters is 1. The molecule has 128 valence electrons.